The molecule has 6 heteroatoms. The Bertz CT molecular complexity index is 689. The van der Waals surface area contributed by atoms with Gasteiger partial charge in [0.25, 0.3) is 0 Å². The number of nitrogens with zero attached hydrogens (tertiary/aromatic N) is 4. The largest absolute Gasteiger partial charge is 0.298 e. The number of nitrogens with one attached hydrogen (secondary N) is 2. The molecule has 2 aromatic heterocycles. The molecule has 6 nitrogen and oxygen atoms in total. The highest BCUT2D eigenvalue weighted by Gasteiger charge is 2.33. The van der Waals surface area contributed by atoms with E-state index in [4.69, 9.17) is 0 Å². The zero-order valence-corrected chi connectivity index (χ0v) is 15.8. The molecule has 0 spiro atoms. The Hall–Kier alpha value is -1.76. The molecule has 4 heterocycles. The Morgan fingerprint density at radius 2 is 1.88 bits per heavy atom. The molecule has 2 unspecified atom stereocenters. The van der Waals surface area contributed by atoms with Crippen molar-refractivity contribution in [2.24, 2.45) is 11.8 Å². The highest BCUT2D eigenvalue weighted by molar-refractivity contribution is 5.20. The lowest BCUT2D eigenvalue weighted by Gasteiger charge is -2.34. The average molecular weight is 355 g/mol. The zero-order valence-electron chi connectivity index (χ0n) is 15.8. The summed E-state index contributed by atoms with van der Waals surface area (Å²) < 4.78 is 2.10. The van der Waals surface area contributed by atoms with Gasteiger partial charge in [-0.1, -0.05) is 13.8 Å². The Morgan fingerprint density at radius 1 is 1.12 bits per heavy atom. The Kier molecular flexibility index (Phi) is 5.33. The predicted molar refractivity (Wildman–Crippen MR) is 103 cm³/mol. The molecule has 2 saturated heterocycles. The van der Waals surface area contributed by atoms with Gasteiger partial charge in [0.15, 0.2) is 0 Å². The van der Waals surface area contributed by atoms with Gasteiger partial charge in [0, 0.05) is 42.9 Å². The fraction of sp³-hybridized carbons (Fsp3) is 0.600. The Balaban J connectivity index is 1.32. The molecule has 0 aromatic carbocycles. The van der Waals surface area contributed by atoms with Crippen LogP contribution in [0.5, 0.6) is 0 Å². The van der Waals surface area contributed by atoms with E-state index in [1.165, 1.54) is 25.0 Å². The normalized spacial score (nSPS) is 25.2. The molecule has 4 rings (SSSR count). The number of hydrogen-bond acceptors (Lipinski definition) is 5. The van der Waals surface area contributed by atoms with Crippen molar-refractivity contribution in [2.45, 2.75) is 51.7 Å². The Labute approximate surface area is 156 Å². The second-order valence-electron chi connectivity index (χ2n) is 8.01. The van der Waals surface area contributed by atoms with Crippen LogP contribution in [0.25, 0.3) is 5.95 Å². The summed E-state index contributed by atoms with van der Waals surface area (Å²) in [7, 11) is 0. The third-order valence-corrected chi connectivity index (χ3v) is 5.95. The van der Waals surface area contributed by atoms with Gasteiger partial charge in [-0.25, -0.2) is 9.97 Å². The van der Waals surface area contributed by atoms with Gasteiger partial charge >= 0.3 is 0 Å². The molecule has 2 fully saturated rings. The number of piperidine rings is 1. The van der Waals surface area contributed by atoms with Crippen LogP contribution in [0.1, 0.15) is 38.8 Å². The summed E-state index contributed by atoms with van der Waals surface area (Å²) in [4.78, 5) is 11.3. The van der Waals surface area contributed by atoms with Crippen LogP contribution in [0, 0.1) is 11.8 Å². The van der Waals surface area contributed by atoms with Gasteiger partial charge in [-0.3, -0.25) is 20.3 Å². The summed E-state index contributed by atoms with van der Waals surface area (Å²) in [5.74, 6) is 2.23. The van der Waals surface area contributed by atoms with E-state index in [2.05, 4.69) is 62.5 Å². The van der Waals surface area contributed by atoms with E-state index < -0.39 is 0 Å². The van der Waals surface area contributed by atoms with Crippen molar-refractivity contribution >= 4 is 0 Å². The second kappa shape index (κ2) is 7.86. The lowest BCUT2D eigenvalue weighted by Crippen LogP contribution is -2.43. The van der Waals surface area contributed by atoms with E-state index in [1.54, 1.807) is 12.4 Å². The summed E-state index contributed by atoms with van der Waals surface area (Å²) in [5, 5.41) is 0. The smallest absolute Gasteiger partial charge is 0.233 e. The van der Waals surface area contributed by atoms with Crippen molar-refractivity contribution < 1.29 is 0 Å². The van der Waals surface area contributed by atoms with Crippen LogP contribution in [0.2, 0.25) is 0 Å². The summed E-state index contributed by atoms with van der Waals surface area (Å²) in [6.07, 6.45) is 9.45. The molecule has 26 heavy (non-hydrogen) atoms. The van der Waals surface area contributed by atoms with Crippen LogP contribution < -0.4 is 10.9 Å². The molecule has 0 aliphatic carbocycles. The lowest BCUT2D eigenvalue weighted by atomic mass is 9.85. The molecule has 140 valence electrons. The number of rotatable bonds is 5. The van der Waals surface area contributed by atoms with Crippen molar-refractivity contribution in [3.8, 4) is 5.95 Å². The van der Waals surface area contributed by atoms with E-state index in [0.29, 0.717) is 18.0 Å². The minimum atomic E-state index is 0.618. The molecule has 2 N–H and O–H groups in total. The Morgan fingerprint density at radius 3 is 2.58 bits per heavy atom. The molecule has 2 atom stereocenters. The SMILES string of the molecule is CC(C)C1CC(C2CCN(Cc3cccn3-c3ncccn3)CC2)NN1. The number of aromatic nitrogens is 3. The summed E-state index contributed by atoms with van der Waals surface area (Å²) in [6, 6.07) is 7.36. The third-order valence-electron chi connectivity index (χ3n) is 5.95. The number of hydrogen-bond donors (Lipinski definition) is 2. The van der Waals surface area contributed by atoms with Gasteiger partial charge in [0.2, 0.25) is 5.95 Å². The fourth-order valence-electron chi connectivity index (χ4n) is 4.25. The van der Waals surface area contributed by atoms with E-state index >= 15 is 0 Å². The first kappa shape index (κ1) is 17.6. The maximum Gasteiger partial charge on any atom is 0.233 e. The van der Waals surface area contributed by atoms with Crippen molar-refractivity contribution in [1.82, 2.24) is 30.3 Å². The highest BCUT2D eigenvalue weighted by Crippen LogP contribution is 2.27. The fourth-order valence-corrected chi connectivity index (χ4v) is 4.25. The molecular formula is C20H30N6. The van der Waals surface area contributed by atoms with Crippen LogP contribution >= 0.6 is 0 Å². The maximum absolute atomic E-state index is 4.38. The van der Waals surface area contributed by atoms with Gasteiger partial charge in [-0.2, -0.15) is 0 Å². The van der Waals surface area contributed by atoms with Crippen LogP contribution in [-0.4, -0.2) is 44.6 Å². The van der Waals surface area contributed by atoms with Crippen molar-refractivity contribution in [3.05, 3.63) is 42.5 Å². The topological polar surface area (TPSA) is 58.0 Å². The van der Waals surface area contributed by atoms with Crippen LogP contribution in [0.4, 0.5) is 0 Å². The summed E-state index contributed by atoms with van der Waals surface area (Å²) in [6.45, 7) is 7.89. The quantitative estimate of drug-likeness (QED) is 0.863. The van der Waals surface area contributed by atoms with E-state index in [9.17, 15) is 0 Å². The predicted octanol–water partition coefficient (Wildman–Crippen LogP) is 2.37. The van der Waals surface area contributed by atoms with E-state index in [0.717, 1.165) is 31.5 Å². The van der Waals surface area contributed by atoms with Gasteiger partial charge < -0.3 is 0 Å². The van der Waals surface area contributed by atoms with Crippen molar-refractivity contribution in [1.29, 1.82) is 0 Å². The van der Waals surface area contributed by atoms with Gasteiger partial charge in [0.05, 0.1) is 0 Å². The molecule has 2 aliphatic rings. The van der Waals surface area contributed by atoms with E-state index in [1.807, 2.05) is 6.07 Å². The number of likely N-dealkylation sites (tertiary alicyclic amines) is 1. The van der Waals surface area contributed by atoms with Crippen LogP contribution in [0.15, 0.2) is 36.8 Å². The molecule has 0 bridgehead atoms. The third kappa shape index (κ3) is 3.82. The van der Waals surface area contributed by atoms with E-state index in [-0.39, 0.29) is 0 Å². The summed E-state index contributed by atoms with van der Waals surface area (Å²) in [5.41, 5.74) is 8.31. The average Bonchev–Trinajstić information content (AvgIpc) is 3.33. The molecule has 2 aromatic rings. The second-order valence-corrected chi connectivity index (χ2v) is 8.01. The number of hydrazine groups is 1. The molecule has 0 saturated carbocycles. The van der Waals surface area contributed by atoms with Crippen LogP contribution in [-0.2, 0) is 6.54 Å². The standard InChI is InChI=1S/C20H30N6/c1-15(2)18-13-19(24-23-18)16-6-11-25(12-7-16)14-17-5-3-10-26(17)20-21-8-4-9-22-20/h3-5,8-10,15-16,18-19,23-24H,6-7,11-14H2,1-2H3. The van der Waals surface area contributed by atoms with Gasteiger partial charge in [-0.15, -0.1) is 0 Å². The highest BCUT2D eigenvalue weighted by atomic mass is 15.4. The zero-order chi connectivity index (χ0) is 17.9. The minimum Gasteiger partial charge on any atom is -0.298 e. The van der Waals surface area contributed by atoms with Crippen molar-refractivity contribution in [3.63, 3.8) is 0 Å². The first-order valence-electron chi connectivity index (χ1n) is 9.87. The molecular weight excluding hydrogens is 324 g/mol. The first-order valence-corrected chi connectivity index (χ1v) is 9.87. The molecule has 0 radical (unpaired) electrons. The van der Waals surface area contributed by atoms with Gasteiger partial charge in [0.1, 0.15) is 0 Å². The first-order chi connectivity index (χ1) is 12.7. The molecule has 0 amide bonds. The monoisotopic (exact) mass is 354 g/mol. The molecule has 2 aliphatic heterocycles. The minimum absolute atomic E-state index is 0.618. The van der Waals surface area contributed by atoms with Crippen molar-refractivity contribution in [2.75, 3.05) is 13.1 Å². The lowest BCUT2D eigenvalue weighted by molar-refractivity contribution is 0.153. The summed E-state index contributed by atoms with van der Waals surface area (Å²) >= 11 is 0. The van der Waals surface area contributed by atoms with Crippen LogP contribution in [0.3, 0.4) is 0 Å². The maximum atomic E-state index is 4.38. The van der Waals surface area contributed by atoms with Gasteiger partial charge in [-0.05, 0) is 62.4 Å².